The molecule has 0 atom stereocenters. The monoisotopic (exact) mass is 142 g/mol. The Morgan fingerprint density at radius 2 is 2.10 bits per heavy atom. The number of hydrogen-bond acceptors (Lipinski definition) is 3. The molecule has 0 amide bonds. The van der Waals surface area contributed by atoms with Crippen LogP contribution < -0.4 is 11.7 Å². The molecule has 0 aliphatic carbocycles. The Bertz CT molecular complexity index is 145. The van der Waals surface area contributed by atoms with Crippen LogP contribution in [-0.2, 0) is 0 Å². The summed E-state index contributed by atoms with van der Waals surface area (Å²) in [5.74, 6) is 9.58. The first-order valence-corrected chi connectivity index (χ1v) is 3.13. The van der Waals surface area contributed by atoms with Crippen LogP contribution in [0.1, 0.15) is 25.6 Å². The van der Waals surface area contributed by atoms with E-state index in [2.05, 4.69) is 35.5 Å². The summed E-state index contributed by atoms with van der Waals surface area (Å²) < 4.78 is 0. The van der Waals surface area contributed by atoms with Gasteiger partial charge in [0.1, 0.15) is 5.82 Å². The summed E-state index contributed by atoms with van der Waals surface area (Å²) in [7, 11) is 0. The zero-order valence-electron chi connectivity index (χ0n) is 6.33. The summed E-state index contributed by atoms with van der Waals surface area (Å²) in [5, 5.41) is 0. The average molecular weight is 142 g/mol. The number of hydrazine groups is 1. The third-order valence-electron chi connectivity index (χ3n) is 1.07. The lowest BCUT2D eigenvalue weighted by Crippen LogP contribution is -2.02. The van der Waals surface area contributed by atoms with Crippen molar-refractivity contribution in [2.24, 2.45) is 11.7 Å². The summed E-state index contributed by atoms with van der Waals surface area (Å²) in [4.78, 5) is 7.09. The van der Waals surface area contributed by atoms with Crippen molar-refractivity contribution < 1.29 is 0 Å². The molecule has 58 valence electrons. The van der Waals surface area contributed by atoms with Crippen molar-refractivity contribution in [3.05, 3.63) is 18.2 Å². The summed E-state index contributed by atoms with van der Waals surface area (Å²) >= 11 is 0. The molecular formula is C6H14N4. The number of nitrogens with one attached hydrogen (secondary N) is 1. The Kier molecular flexibility index (Phi) is 4.53. The van der Waals surface area contributed by atoms with Gasteiger partial charge < -0.3 is 4.98 Å². The summed E-state index contributed by atoms with van der Waals surface area (Å²) in [6, 6.07) is 0. The van der Waals surface area contributed by atoms with Crippen molar-refractivity contribution in [3.8, 4) is 0 Å². The number of H-pyrrole nitrogens is 1. The minimum atomic E-state index is 0.519. The molecule has 1 aromatic heterocycles. The van der Waals surface area contributed by atoms with Gasteiger partial charge in [0.2, 0.25) is 0 Å². The first-order chi connectivity index (χ1) is 4.80. The minimum absolute atomic E-state index is 0.519. The van der Waals surface area contributed by atoms with Gasteiger partial charge in [-0.15, -0.1) is 0 Å². The van der Waals surface area contributed by atoms with Gasteiger partial charge in [0.15, 0.2) is 0 Å². The number of aromatic nitrogens is 2. The topological polar surface area (TPSA) is 80.7 Å². The molecule has 0 saturated carbocycles. The smallest absolute Gasteiger partial charge is 0.108 e. The van der Waals surface area contributed by atoms with Crippen LogP contribution in [0.3, 0.4) is 0 Å². The Labute approximate surface area is 60.6 Å². The third-order valence-corrected chi connectivity index (χ3v) is 1.07. The van der Waals surface area contributed by atoms with Crippen molar-refractivity contribution in [2.45, 2.75) is 19.8 Å². The molecule has 1 rings (SSSR count). The van der Waals surface area contributed by atoms with Gasteiger partial charge in [-0.05, 0) is 0 Å². The molecular weight excluding hydrogens is 128 g/mol. The first kappa shape index (κ1) is 9.13. The zero-order valence-corrected chi connectivity index (χ0v) is 6.33. The van der Waals surface area contributed by atoms with Crippen LogP contribution in [0.15, 0.2) is 12.4 Å². The molecule has 4 heteroatoms. The van der Waals surface area contributed by atoms with Gasteiger partial charge in [-0.25, -0.2) is 4.98 Å². The molecule has 0 bridgehead atoms. The second-order valence-electron chi connectivity index (χ2n) is 2.13. The SMILES string of the molecule is CC(C)c1ncc[nH]1.NN. The van der Waals surface area contributed by atoms with Crippen LogP contribution in [0.2, 0.25) is 0 Å². The molecule has 0 fully saturated rings. The lowest BCUT2D eigenvalue weighted by Gasteiger charge is -1.95. The van der Waals surface area contributed by atoms with E-state index in [1.165, 1.54) is 0 Å². The van der Waals surface area contributed by atoms with Gasteiger partial charge in [-0.2, -0.15) is 0 Å². The maximum absolute atomic E-state index is 4.06. The normalized spacial score (nSPS) is 8.90. The van der Waals surface area contributed by atoms with Crippen LogP contribution in [0.5, 0.6) is 0 Å². The number of aromatic amines is 1. The van der Waals surface area contributed by atoms with Crippen LogP contribution in [0.4, 0.5) is 0 Å². The van der Waals surface area contributed by atoms with E-state index in [4.69, 9.17) is 0 Å². The highest BCUT2D eigenvalue weighted by atomic mass is 15.0. The Morgan fingerprint density at radius 3 is 2.30 bits per heavy atom. The van der Waals surface area contributed by atoms with Crippen molar-refractivity contribution in [1.82, 2.24) is 9.97 Å². The summed E-state index contributed by atoms with van der Waals surface area (Å²) in [5.41, 5.74) is 0. The number of hydrogen-bond donors (Lipinski definition) is 3. The largest absolute Gasteiger partial charge is 0.348 e. The molecule has 4 nitrogen and oxygen atoms in total. The van der Waals surface area contributed by atoms with E-state index in [1.807, 2.05) is 6.20 Å². The predicted molar refractivity (Wildman–Crippen MR) is 41.1 cm³/mol. The Morgan fingerprint density at radius 1 is 1.50 bits per heavy atom. The molecule has 0 aliphatic heterocycles. The molecule has 1 heterocycles. The standard InChI is InChI=1S/C6H10N2.H4N2/c1-5(2)6-7-3-4-8-6;1-2/h3-5H,1-2H3,(H,7,8);1-2H2. The lowest BCUT2D eigenvalue weighted by molar-refractivity contribution is 0.794. The van der Waals surface area contributed by atoms with Crippen molar-refractivity contribution in [3.63, 3.8) is 0 Å². The molecule has 1 aromatic rings. The van der Waals surface area contributed by atoms with Gasteiger partial charge in [0.25, 0.3) is 0 Å². The van der Waals surface area contributed by atoms with Crippen molar-refractivity contribution in [1.29, 1.82) is 0 Å². The number of rotatable bonds is 1. The van der Waals surface area contributed by atoms with Gasteiger partial charge in [0.05, 0.1) is 0 Å². The molecule has 0 aromatic carbocycles. The Balaban J connectivity index is 0.000000371. The van der Waals surface area contributed by atoms with Gasteiger partial charge in [0, 0.05) is 18.3 Å². The predicted octanol–water partition coefficient (Wildman–Crippen LogP) is 0.352. The highest BCUT2D eigenvalue weighted by Crippen LogP contribution is 2.05. The molecule has 0 spiro atoms. The van der Waals surface area contributed by atoms with E-state index >= 15 is 0 Å². The van der Waals surface area contributed by atoms with E-state index < -0.39 is 0 Å². The van der Waals surface area contributed by atoms with Gasteiger partial charge >= 0.3 is 0 Å². The minimum Gasteiger partial charge on any atom is -0.348 e. The lowest BCUT2D eigenvalue weighted by atomic mass is 10.2. The quantitative estimate of drug-likeness (QED) is 0.391. The molecule has 10 heavy (non-hydrogen) atoms. The summed E-state index contributed by atoms with van der Waals surface area (Å²) in [6.07, 6.45) is 3.62. The Hall–Kier alpha value is -0.870. The number of nitrogens with two attached hydrogens (primary N) is 2. The van der Waals surface area contributed by atoms with E-state index in [0.717, 1.165) is 5.82 Å². The molecule has 0 aliphatic rings. The highest BCUT2D eigenvalue weighted by Gasteiger charge is 1.96. The summed E-state index contributed by atoms with van der Waals surface area (Å²) in [6.45, 7) is 4.22. The van der Waals surface area contributed by atoms with Crippen LogP contribution in [0, 0.1) is 0 Å². The van der Waals surface area contributed by atoms with E-state index in [0.29, 0.717) is 5.92 Å². The van der Waals surface area contributed by atoms with Gasteiger partial charge in [-0.3, -0.25) is 11.7 Å². The second kappa shape index (κ2) is 4.96. The molecule has 0 saturated heterocycles. The highest BCUT2D eigenvalue weighted by molar-refractivity contribution is 4.91. The molecule has 0 radical (unpaired) electrons. The second-order valence-corrected chi connectivity index (χ2v) is 2.13. The fourth-order valence-electron chi connectivity index (χ4n) is 0.593. The fraction of sp³-hybridized carbons (Fsp3) is 0.500. The third kappa shape index (κ3) is 2.61. The number of imidazole rings is 1. The first-order valence-electron chi connectivity index (χ1n) is 3.13. The van der Waals surface area contributed by atoms with E-state index in [-0.39, 0.29) is 0 Å². The van der Waals surface area contributed by atoms with Crippen molar-refractivity contribution >= 4 is 0 Å². The molecule has 5 N–H and O–H groups in total. The van der Waals surface area contributed by atoms with Gasteiger partial charge in [-0.1, -0.05) is 13.8 Å². The fourth-order valence-corrected chi connectivity index (χ4v) is 0.593. The van der Waals surface area contributed by atoms with E-state index in [9.17, 15) is 0 Å². The van der Waals surface area contributed by atoms with Crippen LogP contribution in [0.25, 0.3) is 0 Å². The molecule has 0 unspecified atom stereocenters. The number of nitrogens with zero attached hydrogens (tertiary/aromatic N) is 1. The van der Waals surface area contributed by atoms with Crippen LogP contribution in [-0.4, -0.2) is 9.97 Å². The zero-order chi connectivity index (χ0) is 7.98. The maximum atomic E-state index is 4.06. The average Bonchev–Trinajstić information content (AvgIpc) is 2.42. The van der Waals surface area contributed by atoms with Crippen LogP contribution >= 0.6 is 0 Å². The maximum Gasteiger partial charge on any atom is 0.108 e. The van der Waals surface area contributed by atoms with E-state index in [1.54, 1.807) is 6.20 Å². The van der Waals surface area contributed by atoms with Crippen molar-refractivity contribution in [2.75, 3.05) is 0 Å².